The van der Waals surface area contributed by atoms with Crippen LogP contribution in [0.4, 0.5) is 0 Å². The summed E-state index contributed by atoms with van der Waals surface area (Å²) in [5, 5.41) is 4.57. The number of aryl methyl sites for hydroxylation is 1. The minimum absolute atomic E-state index is 0.00353. The van der Waals surface area contributed by atoms with Gasteiger partial charge in [0.15, 0.2) is 0 Å². The summed E-state index contributed by atoms with van der Waals surface area (Å²) in [5.74, 6) is 0. The number of hydrogen-bond donors (Lipinski definition) is 0. The lowest BCUT2D eigenvalue weighted by Gasteiger charge is -2.24. The highest BCUT2D eigenvalue weighted by Crippen LogP contribution is 2.21. The quantitative estimate of drug-likeness (QED) is 0.676. The van der Waals surface area contributed by atoms with Crippen molar-refractivity contribution in [3.8, 4) is 11.3 Å². The van der Waals surface area contributed by atoms with Crippen LogP contribution in [0.25, 0.3) is 11.3 Å². The smallest absolute Gasteiger partial charge is 0.266 e. The topological polar surface area (TPSA) is 73.0 Å². The average molecular weight is 377 g/mol. The fourth-order valence-electron chi connectivity index (χ4n) is 3.69. The van der Waals surface area contributed by atoms with Gasteiger partial charge >= 0.3 is 0 Å². The van der Waals surface area contributed by atoms with Crippen molar-refractivity contribution >= 4 is 0 Å². The van der Waals surface area contributed by atoms with E-state index < -0.39 is 0 Å². The first kappa shape index (κ1) is 18.3. The molecule has 0 N–H and O–H groups in total. The Bertz CT molecular complexity index is 1070. The minimum atomic E-state index is -0.0989. The molecule has 1 atom stereocenters. The Morgan fingerprint density at radius 2 is 1.89 bits per heavy atom. The first-order valence-corrected chi connectivity index (χ1v) is 9.48. The van der Waals surface area contributed by atoms with Crippen LogP contribution in [0, 0.1) is 0 Å². The molecule has 0 aliphatic carbocycles. The fraction of sp³-hybridized carbons (Fsp3) is 0.333. The summed E-state index contributed by atoms with van der Waals surface area (Å²) in [7, 11) is 1.75. The molecule has 3 aromatic heterocycles. The molecule has 0 aromatic carbocycles. The molecule has 0 radical (unpaired) electrons. The fourth-order valence-corrected chi connectivity index (χ4v) is 3.69. The second-order valence-electron chi connectivity index (χ2n) is 7.23. The van der Waals surface area contributed by atoms with Gasteiger partial charge in [-0.25, -0.2) is 4.68 Å². The van der Waals surface area contributed by atoms with E-state index in [0.717, 1.165) is 36.2 Å². The Balaban J connectivity index is 1.53. The normalized spacial score (nSPS) is 17.1. The highest BCUT2D eigenvalue weighted by atomic mass is 16.1. The summed E-state index contributed by atoms with van der Waals surface area (Å²) in [6, 6.07) is 11.0. The summed E-state index contributed by atoms with van der Waals surface area (Å²) < 4.78 is 3.13. The molecular formula is C21H23N5O2. The molecule has 0 spiro atoms. The van der Waals surface area contributed by atoms with Gasteiger partial charge in [-0.3, -0.25) is 19.5 Å². The van der Waals surface area contributed by atoms with Gasteiger partial charge in [0.25, 0.3) is 11.1 Å². The molecule has 1 unspecified atom stereocenters. The molecule has 144 valence electrons. The molecule has 4 rings (SSSR count). The van der Waals surface area contributed by atoms with E-state index in [0.29, 0.717) is 13.1 Å². The second kappa shape index (κ2) is 7.90. The highest BCUT2D eigenvalue weighted by molar-refractivity contribution is 5.56. The minimum Gasteiger partial charge on any atom is -0.319 e. The summed E-state index contributed by atoms with van der Waals surface area (Å²) in [5.41, 5.74) is 2.60. The van der Waals surface area contributed by atoms with Crippen molar-refractivity contribution in [2.45, 2.75) is 32.0 Å². The van der Waals surface area contributed by atoms with Crippen LogP contribution in [-0.4, -0.2) is 36.8 Å². The zero-order chi connectivity index (χ0) is 19.5. The van der Waals surface area contributed by atoms with Gasteiger partial charge < -0.3 is 4.57 Å². The standard InChI is InChI=1S/C21H23N5O2/c1-24-12-8-16(13-21(24)28)14-25-11-2-3-18(25)15-26-20(27)5-4-19(23-26)17-6-9-22-10-7-17/h4-10,12-13,18H,2-3,11,14-15H2,1H3. The lowest BCUT2D eigenvalue weighted by Crippen LogP contribution is -2.37. The van der Waals surface area contributed by atoms with Crippen LogP contribution in [0.15, 0.2) is 64.6 Å². The number of hydrogen-bond acceptors (Lipinski definition) is 5. The number of pyridine rings is 2. The molecule has 0 bridgehead atoms. The molecule has 1 aliphatic heterocycles. The van der Waals surface area contributed by atoms with Crippen LogP contribution in [-0.2, 0) is 20.1 Å². The van der Waals surface area contributed by atoms with Gasteiger partial charge in [-0.1, -0.05) is 0 Å². The number of aromatic nitrogens is 4. The van der Waals surface area contributed by atoms with Gasteiger partial charge in [0.1, 0.15) is 0 Å². The number of nitrogens with zero attached hydrogens (tertiary/aromatic N) is 5. The molecule has 1 fully saturated rings. The van der Waals surface area contributed by atoms with Crippen molar-refractivity contribution in [3.05, 3.63) is 81.3 Å². The Morgan fingerprint density at radius 3 is 2.68 bits per heavy atom. The Morgan fingerprint density at radius 1 is 1.07 bits per heavy atom. The summed E-state index contributed by atoms with van der Waals surface area (Å²) in [4.78, 5) is 30.6. The predicted octanol–water partition coefficient (Wildman–Crippen LogP) is 1.67. The molecule has 7 heteroatoms. The largest absolute Gasteiger partial charge is 0.319 e. The van der Waals surface area contributed by atoms with Crippen molar-refractivity contribution in [2.24, 2.45) is 7.05 Å². The van der Waals surface area contributed by atoms with E-state index in [1.54, 1.807) is 53.1 Å². The molecule has 7 nitrogen and oxygen atoms in total. The third-order valence-electron chi connectivity index (χ3n) is 5.28. The van der Waals surface area contributed by atoms with E-state index >= 15 is 0 Å². The third-order valence-corrected chi connectivity index (χ3v) is 5.28. The van der Waals surface area contributed by atoms with Crippen LogP contribution in [0.2, 0.25) is 0 Å². The van der Waals surface area contributed by atoms with Crippen molar-refractivity contribution in [2.75, 3.05) is 6.54 Å². The maximum Gasteiger partial charge on any atom is 0.266 e. The van der Waals surface area contributed by atoms with Crippen molar-refractivity contribution in [3.63, 3.8) is 0 Å². The molecule has 0 amide bonds. The van der Waals surface area contributed by atoms with Gasteiger partial charge in [0.05, 0.1) is 12.2 Å². The lowest BCUT2D eigenvalue weighted by atomic mass is 10.2. The monoisotopic (exact) mass is 377 g/mol. The van der Waals surface area contributed by atoms with Gasteiger partial charge in [-0.2, -0.15) is 5.10 Å². The first-order valence-electron chi connectivity index (χ1n) is 9.48. The summed E-state index contributed by atoms with van der Waals surface area (Å²) >= 11 is 0. The van der Waals surface area contributed by atoms with Crippen molar-refractivity contribution in [1.82, 2.24) is 24.2 Å². The molecule has 0 saturated carbocycles. The highest BCUT2D eigenvalue weighted by Gasteiger charge is 2.25. The number of likely N-dealkylation sites (tertiary alicyclic amines) is 1. The van der Waals surface area contributed by atoms with Gasteiger partial charge in [-0.05, 0) is 49.2 Å². The Hall–Kier alpha value is -3.06. The van der Waals surface area contributed by atoms with E-state index in [1.807, 2.05) is 18.2 Å². The van der Waals surface area contributed by atoms with E-state index in [2.05, 4.69) is 15.0 Å². The average Bonchev–Trinajstić information content (AvgIpc) is 3.14. The third kappa shape index (κ3) is 3.94. The van der Waals surface area contributed by atoms with Crippen LogP contribution in [0.5, 0.6) is 0 Å². The lowest BCUT2D eigenvalue weighted by molar-refractivity contribution is 0.216. The molecule has 1 saturated heterocycles. The van der Waals surface area contributed by atoms with E-state index in [-0.39, 0.29) is 17.2 Å². The molecule has 28 heavy (non-hydrogen) atoms. The molecular weight excluding hydrogens is 354 g/mol. The number of rotatable bonds is 5. The van der Waals surface area contributed by atoms with Crippen LogP contribution in [0.3, 0.4) is 0 Å². The van der Waals surface area contributed by atoms with Gasteiger partial charge in [0.2, 0.25) is 0 Å². The molecule has 1 aliphatic rings. The van der Waals surface area contributed by atoms with Crippen molar-refractivity contribution in [1.29, 1.82) is 0 Å². The van der Waals surface area contributed by atoms with Gasteiger partial charge in [-0.15, -0.1) is 0 Å². The zero-order valence-electron chi connectivity index (χ0n) is 15.9. The molecule has 3 aromatic rings. The summed E-state index contributed by atoms with van der Waals surface area (Å²) in [6.07, 6.45) is 7.32. The van der Waals surface area contributed by atoms with E-state index in [9.17, 15) is 9.59 Å². The SMILES string of the molecule is Cn1ccc(CN2CCCC2Cn2nc(-c3ccncc3)ccc2=O)cc1=O. The maximum atomic E-state index is 12.4. The van der Waals surface area contributed by atoms with Crippen molar-refractivity contribution < 1.29 is 0 Å². The van der Waals surface area contributed by atoms with E-state index in [1.165, 1.54) is 0 Å². The Labute approximate surface area is 162 Å². The summed E-state index contributed by atoms with van der Waals surface area (Å²) in [6.45, 7) is 2.21. The zero-order valence-corrected chi connectivity index (χ0v) is 15.9. The van der Waals surface area contributed by atoms with E-state index in [4.69, 9.17) is 0 Å². The van der Waals surface area contributed by atoms with Crippen LogP contribution >= 0.6 is 0 Å². The second-order valence-corrected chi connectivity index (χ2v) is 7.23. The maximum absolute atomic E-state index is 12.4. The van der Waals surface area contributed by atoms with Gasteiger partial charge in [0, 0.05) is 55.9 Å². The predicted molar refractivity (Wildman–Crippen MR) is 107 cm³/mol. The molecule has 4 heterocycles. The van der Waals surface area contributed by atoms with Crippen LogP contribution in [0.1, 0.15) is 18.4 Å². The Kier molecular flexibility index (Phi) is 5.16. The van der Waals surface area contributed by atoms with Crippen LogP contribution < -0.4 is 11.1 Å². The first-order chi connectivity index (χ1) is 13.6.